The van der Waals surface area contributed by atoms with Gasteiger partial charge in [-0.2, -0.15) is 0 Å². The average Bonchev–Trinajstić information content (AvgIpc) is 2.12. The van der Waals surface area contributed by atoms with Crippen LogP contribution in [0.3, 0.4) is 0 Å². The van der Waals surface area contributed by atoms with Crippen LogP contribution in [0.25, 0.3) is 0 Å². The third-order valence-corrected chi connectivity index (χ3v) is 4.35. The molecule has 2 N–H and O–H groups in total. The first-order valence-electron chi connectivity index (χ1n) is 4.54. The Morgan fingerprint density at radius 1 is 1.20 bits per heavy atom. The first-order chi connectivity index (χ1) is 4.79. The SMILES string of the molecule is CC(N)C1CC2C3CC2C13. The lowest BCUT2D eigenvalue weighted by Crippen LogP contribution is -2.55. The molecule has 0 amide bonds. The van der Waals surface area contributed by atoms with E-state index in [-0.39, 0.29) is 0 Å². The zero-order chi connectivity index (χ0) is 6.88. The monoisotopic (exact) mass is 137 g/mol. The molecule has 0 heterocycles. The molecule has 4 atom stereocenters. The van der Waals surface area contributed by atoms with Crippen molar-refractivity contribution in [2.24, 2.45) is 35.3 Å². The summed E-state index contributed by atoms with van der Waals surface area (Å²) in [5, 5.41) is 0. The van der Waals surface area contributed by atoms with Gasteiger partial charge in [0, 0.05) is 6.04 Å². The molecule has 0 aliphatic heterocycles. The minimum atomic E-state index is 0.475. The van der Waals surface area contributed by atoms with Crippen LogP contribution in [0.4, 0.5) is 0 Å². The number of hydrogen-bond acceptors (Lipinski definition) is 1. The van der Waals surface area contributed by atoms with E-state index in [1.54, 1.807) is 6.42 Å². The van der Waals surface area contributed by atoms with E-state index in [0.29, 0.717) is 6.04 Å². The maximum absolute atomic E-state index is 5.90. The molecule has 0 aromatic carbocycles. The Kier molecular flexibility index (Phi) is 0.797. The maximum atomic E-state index is 5.90. The fourth-order valence-electron chi connectivity index (χ4n) is 3.67. The van der Waals surface area contributed by atoms with Gasteiger partial charge >= 0.3 is 0 Å². The number of rotatable bonds is 1. The summed E-state index contributed by atoms with van der Waals surface area (Å²) >= 11 is 0. The third kappa shape index (κ3) is 0.378. The van der Waals surface area contributed by atoms with E-state index in [9.17, 15) is 0 Å². The van der Waals surface area contributed by atoms with Crippen LogP contribution in [0, 0.1) is 29.6 Å². The molecule has 5 aliphatic rings. The van der Waals surface area contributed by atoms with E-state index < -0.39 is 0 Å². The lowest BCUT2D eigenvalue weighted by atomic mass is 9.45. The predicted molar refractivity (Wildman–Crippen MR) is 40.3 cm³/mol. The molecule has 0 aromatic rings. The molecule has 1 heteroatoms. The summed E-state index contributed by atoms with van der Waals surface area (Å²) in [6.45, 7) is 2.19. The smallest absolute Gasteiger partial charge is 0.00417 e. The van der Waals surface area contributed by atoms with Gasteiger partial charge in [0.2, 0.25) is 0 Å². The van der Waals surface area contributed by atoms with Crippen LogP contribution in [0.2, 0.25) is 0 Å². The Morgan fingerprint density at radius 2 is 1.90 bits per heavy atom. The van der Waals surface area contributed by atoms with E-state index in [1.807, 2.05) is 0 Å². The zero-order valence-electron chi connectivity index (χ0n) is 6.46. The molecule has 0 saturated heterocycles. The summed E-state index contributed by atoms with van der Waals surface area (Å²) in [4.78, 5) is 0. The van der Waals surface area contributed by atoms with Gasteiger partial charge in [-0.1, -0.05) is 0 Å². The molecule has 4 unspecified atom stereocenters. The van der Waals surface area contributed by atoms with Gasteiger partial charge in [-0.05, 0) is 49.4 Å². The van der Waals surface area contributed by atoms with Crippen LogP contribution in [0.1, 0.15) is 19.8 Å². The minimum Gasteiger partial charge on any atom is -0.328 e. The molecule has 5 saturated carbocycles. The van der Waals surface area contributed by atoms with Crippen LogP contribution in [0.5, 0.6) is 0 Å². The van der Waals surface area contributed by atoms with E-state index in [1.165, 1.54) is 6.42 Å². The van der Waals surface area contributed by atoms with Gasteiger partial charge in [-0.3, -0.25) is 0 Å². The predicted octanol–water partition coefficient (Wildman–Crippen LogP) is 1.24. The van der Waals surface area contributed by atoms with Crippen molar-refractivity contribution in [1.82, 2.24) is 0 Å². The molecule has 5 fully saturated rings. The molecule has 56 valence electrons. The van der Waals surface area contributed by atoms with Crippen LogP contribution in [-0.2, 0) is 0 Å². The van der Waals surface area contributed by atoms with Gasteiger partial charge in [-0.15, -0.1) is 0 Å². The molecular formula is C9H15N. The summed E-state index contributed by atoms with van der Waals surface area (Å²) < 4.78 is 0. The van der Waals surface area contributed by atoms with Crippen LogP contribution in [0.15, 0.2) is 0 Å². The Balaban J connectivity index is 1.82. The second-order valence-electron chi connectivity index (χ2n) is 4.56. The first kappa shape index (κ1) is 5.59. The normalized spacial score (nSPS) is 64.8. The van der Waals surface area contributed by atoms with Crippen molar-refractivity contribution in [2.75, 3.05) is 0 Å². The Hall–Kier alpha value is -0.0400. The molecule has 5 aliphatic carbocycles. The quantitative estimate of drug-likeness (QED) is 0.578. The molecular weight excluding hydrogens is 122 g/mol. The highest BCUT2D eigenvalue weighted by Crippen LogP contribution is 2.74. The highest BCUT2D eigenvalue weighted by molar-refractivity contribution is 5.17. The molecule has 5 rings (SSSR count). The maximum Gasteiger partial charge on any atom is 0.00417 e. The molecule has 1 nitrogen and oxygen atoms in total. The molecule has 0 radical (unpaired) electrons. The average molecular weight is 137 g/mol. The summed E-state index contributed by atoms with van der Waals surface area (Å²) in [6.07, 6.45) is 3.02. The molecule has 10 heavy (non-hydrogen) atoms. The van der Waals surface area contributed by atoms with Gasteiger partial charge in [0.05, 0.1) is 0 Å². The van der Waals surface area contributed by atoms with Gasteiger partial charge in [0.25, 0.3) is 0 Å². The molecule has 0 aromatic heterocycles. The van der Waals surface area contributed by atoms with E-state index >= 15 is 0 Å². The number of fused-ring (bicyclic) bond motifs is 1. The summed E-state index contributed by atoms with van der Waals surface area (Å²) in [7, 11) is 0. The second-order valence-corrected chi connectivity index (χ2v) is 4.56. The number of nitrogens with two attached hydrogens (primary N) is 1. The highest BCUT2D eigenvalue weighted by atomic mass is 14.8. The van der Waals surface area contributed by atoms with Crippen molar-refractivity contribution in [3.8, 4) is 0 Å². The molecule has 4 bridgehead atoms. The summed E-state index contributed by atoms with van der Waals surface area (Å²) in [6, 6.07) is 0.475. The van der Waals surface area contributed by atoms with Crippen LogP contribution >= 0.6 is 0 Å². The van der Waals surface area contributed by atoms with Crippen LogP contribution < -0.4 is 5.73 Å². The van der Waals surface area contributed by atoms with Gasteiger partial charge < -0.3 is 5.73 Å². The fraction of sp³-hybridized carbons (Fsp3) is 1.00. The Morgan fingerprint density at radius 3 is 2.10 bits per heavy atom. The Labute approximate surface area is 62.0 Å². The Bertz CT molecular complexity index is 166. The fourth-order valence-corrected chi connectivity index (χ4v) is 3.67. The topological polar surface area (TPSA) is 26.0 Å². The largest absolute Gasteiger partial charge is 0.328 e. The lowest BCUT2D eigenvalue weighted by Gasteiger charge is -2.59. The summed E-state index contributed by atoms with van der Waals surface area (Å²) in [5.41, 5.74) is 5.90. The van der Waals surface area contributed by atoms with Crippen molar-refractivity contribution in [3.63, 3.8) is 0 Å². The van der Waals surface area contributed by atoms with Crippen molar-refractivity contribution < 1.29 is 0 Å². The molecule has 0 spiro atoms. The third-order valence-electron chi connectivity index (χ3n) is 4.35. The number of hydrogen-bond donors (Lipinski definition) is 1. The van der Waals surface area contributed by atoms with E-state index in [0.717, 1.165) is 29.6 Å². The zero-order valence-corrected chi connectivity index (χ0v) is 6.46. The van der Waals surface area contributed by atoms with E-state index in [4.69, 9.17) is 5.73 Å². The lowest BCUT2D eigenvalue weighted by molar-refractivity contribution is -0.114. The standard InChI is InChI=1S/C9H15N/c1-4(10)5-2-6-7-3-8(6)9(5)7/h4-9H,2-3,10H2,1H3. The van der Waals surface area contributed by atoms with Crippen molar-refractivity contribution in [1.29, 1.82) is 0 Å². The minimum absolute atomic E-state index is 0.475. The first-order valence-corrected chi connectivity index (χ1v) is 4.54. The van der Waals surface area contributed by atoms with Gasteiger partial charge in [0.1, 0.15) is 0 Å². The van der Waals surface area contributed by atoms with Crippen molar-refractivity contribution in [3.05, 3.63) is 0 Å². The van der Waals surface area contributed by atoms with Gasteiger partial charge in [-0.25, -0.2) is 0 Å². The highest BCUT2D eigenvalue weighted by Gasteiger charge is 2.68. The summed E-state index contributed by atoms with van der Waals surface area (Å²) in [5.74, 6) is 5.42. The van der Waals surface area contributed by atoms with Crippen molar-refractivity contribution >= 4 is 0 Å². The van der Waals surface area contributed by atoms with Crippen LogP contribution in [-0.4, -0.2) is 6.04 Å². The van der Waals surface area contributed by atoms with Gasteiger partial charge in [0.15, 0.2) is 0 Å². The van der Waals surface area contributed by atoms with Crippen molar-refractivity contribution in [2.45, 2.75) is 25.8 Å². The van der Waals surface area contributed by atoms with E-state index in [2.05, 4.69) is 6.92 Å². The second kappa shape index (κ2) is 1.42.